The van der Waals surface area contributed by atoms with Gasteiger partial charge >= 0.3 is 5.97 Å². The minimum Gasteiger partial charge on any atom is -0.465 e. The van der Waals surface area contributed by atoms with E-state index in [9.17, 15) is 18.0 Å². The molecule has 0 saturated heterocycles. The zero-order valence-electron chi connectivity index (χ0n) is 17.5. The number of benzene rings is 2. The monoisotopic (exact) mass is 458 g/mol. The molecule has 0 atom stereocenters. The van der Waals surface area contributed by atoms with Gasteiger partial charge in [0.1, 0.15) is 5.00 Å². The van der Waals surface area contributed by atoms with Gasteiger partial charge in [-0.05, 0) is 55.8 Å². The molecule has 0 unspecified atom stereocenters. The van der Waals surface area contributed by atoms with E-state index >= 15 is 0 Å². The molecule has 3 rings (SSSR count). The van der Waals surface area contributed by atoms with Crippen molar-refractivity contribution in [2.75, 3.05) is 23.8 Å². The number of anilines is 2. The van der Waals surface area contributed by atoms with Crippen molar-refractivity contribution in [1.82, 2.24) is 0 Å². The molecule has 0 bridgehead atoms. The Bertz CT molecular complexity index is 1220. The van der Waals surface area contributed by atoms with Gasteiger partial charge in [-0.2, -0.15) is 0 Å². The van der Waals surface area contributed by atoms with Gasteiger partial charge in [-0.25, -0.2) is 13.2 Å². The molecule has 162 valence electrons. The molecular formula is C22H22N2O5S2. The number of hydrogen-bond acceptors (Lipinski definition) is 6. The summed E-state index contributed by atoms with van der Waals surface area (Å²) in [6, 6.07) is 14.4. The maximum atomic E-state index is 12.9. The van der Waals surface area contributed by atoms with E-state index in [0.717, 1.165) is 10.4 Å². The van der Waals surface area contributed by atoms with Crippen molar-refractivity contribution >= 4 is 43.9 Å². The summed E-state index contributed by atoms with van der Waals surface area (Å²) < 4.78 is 31.7. The van der Waals surface area contributed by atoms with Crippen LogP contribution in [-0.2, 0) is 14.8 Å². The number of sulfonamides is 1. The van der Waals surface area contributed by atoms with Crippen LogP contribution in [0.5, 0.6) is 0 Å². The first-order valence-electron chi connectivity index (χ1n) is 9.30. The third-order valence-electron chi connectivity index (χ3n) is 4.90. The SMILES string of the molecule is COC(=O)c1c(NC(=O)c2ccc(S(=O)(=O)N(C)c3ccccc3)cc2)sc(C)c1C. The van der Waals surface area contributed by atoms with Gasteiger partial charge in [-0.1, -0.05) is 18.2 Å². The van der Waals surface area contributed by atoms with Crippen LogP contribution in [0.2, 0.25) is 0 Å². The normalized spacial score (nSPS) is 11.1. The second kappa shape index (κ2) is 8.91. The Balaban J connectivity index is 1.83. The molecule has 0 fully saturated rings. The first kappa shape index (κ1) is 22.5. The van der Waals surface area contributed by atoms with E-state index in [0.29, 0.717) is 16.3 Å². The van der Waals surface area contributed by atoms with Crippen LogP contribution in [0.1, 0.15) is 31.2 Å². The topological polar surface area (TPSA) is 92.8 Å². The van der Waals surface area contributed by atoms with Gasteiger partial charge in [-0.3, -0.25) is 9.10 Å². The van der Waals surface area contributed by atoms with Crippen molar-refractivity contribution in [3.05, 3.63) is 76.2 Å². The Hall–Kier alpha value is -3.17. The maximum Gasteiger partial charge on any atom is 0.341 e. The van der Waals surface area contributed by atoms with Crippen molar-refractivity contribution < 1.29 is 22.7 Å². The molecule has 0 aliphatic rings. The fourth-order valence-electron chi connectivity index (χ4n) is 2.95. The minimum absolute atomic E-state index is 0.0634. The predicted octanol–water partition coefficient (Wildman–Crippen LogP) is 4.23. The number of aryl methyl sites for hydroxylation is 1. The summed E-state index contributed by atoms with van der Waals surface area (Å²) in [7, 11) is -1.02. The van der Waals surface area contributed by atoms with Gasteiger partial charge in [0.15, 0.2) is 0 Å². The van der Waals surface area contributed by atoms with Crippen molar-refractivity contribution in [2.45, 2.75) is 18.7 Å². The van der Waals surface area contributed by atoms with E-state index in [4.69, 9.17) is 4.74 Å². The van der Waals surface area contributed by atoms with Crippen molar-refractivity contribution in [3.63, 3.8) is 0 Å². The molecule has 0 saturated carbocycles. The number of carbonyl (C=O) groups excluding carboxylic acids is 2. The second-order valence-electron chi connectivity index (χ2n) is 6.77. The van der Waals surface area contributed by atoms with Crippen LogP contribution in [-0.4, -0.2) is 34.5 Å². The van der Waals surface area contributed by atoms with Crippen LogP contribution in [0, 0.1) is 13.8 Å². The lowest BCUT2D eigenvalue weighted by Crippen LogP contribution is -2.26. The smallest absolute Gasteiger partial charge is 0.341 e. The molecule has 1 amide bonds. The molecule has 1 heterocycles. The number of thiophene rings is 1. The molecule has 31 heavy (non-hydrogen) atoms. The standard InChI is InChI=1S/C22H22N2O5S2/c1-14-15(2)30-21(19(14)22(26)29-4)23-20(25)16-10-12-18(13-11-16)31(27,28)24(3)17-8-6-5-7-9-17/h5-13H,1-4H3,(H,23,25). The number of carbonyl (C=O) groups is 2. The number of methoxy groups -OCH3 is 1. The van der Waals surface area contributed by atoms with Gasteiger partial charge in [0.05, 0.1) is 23.3 Å². The Kier molecular flexibility index (Phi) is 6.47. The molecule has 0 spiro atoms. The molecule has 1 aromatic heterocycles. The summed E-state index contributed by atoms with van der Waals surface area (Å²) in [5, 5.41) is 3.13. The lowest BCUT2D eigenvalue weighted by Gasteiger charge is -2.19. The molecule has 7 nitrogen and oxygen atoms in total. The first-order chi connectivity index (χ1) is 14.7. The molecule has 9 heteroatoms. The zero-order chi connectivity index (χ0) is 22.8. The van der Waals surface area contributed by atoms with Gasteiger partial charge < -0.3 is 10.1 Å². The van der Waals surface area contributed by atoms with Crippen molar-refractivity contribution in [3.8, 4) is 0 Å². The molecular weight excluding hydrogens is 436 g/mol. The largest absolute Gasteiger partial charge is 0.465 e. The Morgan fingerprint density at radius 2 is 1.61 bits per heavy atom. The molecule has 0 aliphatic carbocycles. The number of rotatable bonds is 6. The average molecular weight is 459 g/mol. The fraction of sp³-hybridized carbons (Fsp3) is 0.182. The number of nitrogens with one attached hydrogen (secondary N) is 1. The first-order valence-corrected chi connectivity index (χ1v) is 11.6. The zero-order valence-corrected chi connectivity index (χ0v) is 19.1. The number of hydrogen-bond donors (Lipinski definition) is 1. The Morgan fingerprint density at radius 3 is 2.19 bits per heavy atom. The van der Waals surface area contributed by atoms with Crippen LogP contribution in [0.15, 0.2) is 59.5 Å². The van der Waals surface area contributed by atoms with E-state index in [1.54, 1.807) is 37.3 Å². The van der Waals surface area contributed by atoms with E-state index < -0.39 is 21.9 Å². The van der Waals surface area contributed by atoms with Gasteiger partial charge in [-0.15, -0.1) is 11.3 Å². The third kappa shape index (κ3) is 4.47. The fourth-order valence-corrected chi connectivity index (χ4v) is 5.19. The van der Waals surface area contributed by atoms with E-state index in [1.807, 2.05) is 6.92 Å². The summed E-state index contributed by atoms with van der Waals surface area (Å²) in [6.45, 7) is 3.64. The van der Waals surface area contributed by atoms with Crippen molar-refractivity contribution in [2.24, 2.45) is 0 Å². The van der Waals surface area contributed by atoms with Crippen LogP contribution < -0.4 is 9.62 Å². The van der Waals surface area contributed by atoms with E-state index in [-0.39, 0.29) is 10.5 Å². The lowest BCUT2D eigenvalue weighted by atomic mass is 10.1. The summed E-state index contributed by atoms with van der Waals surface area (Å²) in [4.78, 5) is 25.7. The minimum atomic E-state index is -3.77. The Labute approximate surface area is 185 Å². The molecule has 0 aliphatic heterocycles. The summed E-state index contributed by atoms with van der Waals surface area (Å²) in [6.07, 6.45) is 0. The highest BCUT2D eigenvalue weighted by Gasteiger charge is 2.24. The molecule has 1 N–H and O–H groups in total. The number of amides is 1. The van der Waals surface area contributed by atoms with Crippen LogP contribution >= 0.6 is 11.3 Å². The number of ether oxygens (including phenoxy) is 1. The van der Waals surface area contributed by atoms with Gasteiger partial charge in [0.25, 0.3) is 15.9 Å². The summed E-state index contributed by atoms with van der Waals surface area (Å²) in [5.74, 6) is -0.977. The highest BCUT2D eigenvalue weighted by Crippen LogP contribution is 2.33. The van der Waals surface area contributed by atoms with Crippen molar-refractivity contribution in [1.29, 1.82) is 0 Å². The molecule has 3 aromatic rings. The number of esters is 1. The molecule has 2 aromatic carbocycles. The van der Waals surface area contributed by atoms with Gasteiger partial charge in [0, 0.05) is 17.5 Å². The maximum absolute atomic E-state index is 12.9. The van der Waals surface area contributed by atoms with Gasteiger partial charge in [0.2, 0.25) is 0 Å². The quantitative estimate of drug-likeness (QED) is 0.558. The second-order valence-corrected chi connectivity index (χ2v) is 9.96. The number of para-hydroxylation sites is 1. The van der Waals surface area contributed by atoms with E-state index in [2.05, 4.69) is 5.32 Å². The molecule has 0 radical (unpaired) electrons. The van der Waals surface area contributed by atoms with Crippen LogP contribution in [0.25, 0.3) is 0 Å². The summed E-state index contributed by atoms with van der Waals surface area (Å²) in [5.41, 5.74) is 1.86. The van der Waals surface area contributed by atoms with E-state index in [1.165, 1.54) is 54.1 Å². The lowest BCUT2D eigenvalue weighted by molar-refractivity contribution is 0.0601. The number of nitrogens with zero attached hydrogens (tertiary/aromatic N) is 1. The highest BCUT2D eigenvalue weighted by molar-refractivity contribution is 7.92. The summed E-state index contributed by atoms with van der Waals surface area (Å²) >= 11 is 1.28. The average Bonchev–Trinajstić information content (AvgIpc) is 3.06. The predicted molar refractivity (Wildman–Crippen MR) is 122 cm³/mol. The third-order valence-corrected chi connectivity index (χ3v) is 7.82. The highest BCUT2D eigenvalue weighted by atomic mass is 32.2. The Morgan fingerprint density at radius 1 is 1.00 bits per heavy atom. The van der Waals surface area contributed by atoms with Crippen LogP contribution in [0.4, 0.5) is 10.7 Å². The van der Waals surface area contributed by atoms with Crippen LogP contribution in [0.3, 0.4) is 0 Å².